The number of carbonyl (C=O) groups is 1. The van der Waals surface area contributed by atoms with E-state index in [0.717, 1.165) is 30.8 Å². The van der Waals surface area contributed by atoms with Crippen LogP contribution in [0.5, 0.6) is 0 Å². The molecule has 0 heterocycles. The Bertz CT molecular complexity index is 284. The number of carbonyl (C=O) groups excluding carboxylic acids is 1. The predicted molar refractivity (Wildman–Crippen MR) is 66.0 cm³/mol. The maximum Gasteiger partial charge on any atom is 0.219 e. The molecule has 1 fully saturated rings. The Morgan fingerprint density at radius 3 is 2.81 bits per heavy atom. The standard InChI is InChI=1S/C14H23NO/c1-3-15(11(2)16)10-13-9-14(13)12-7-5-4-6-8-12/h4-5,12-14H,3,6-10H2,1-2H3. The van der Waals surface area contributed by atoms with Crippen LogP contribution in [0.1, 0.15) is 39.5 Å². The smallest absolute Gasteiger partial charge is 0.219 e. The number of hydrogen-bond acceptors (Lipinski definition) is 1. The molecule has 90 valence electrons. The largest absolute Gasteiger partial charge is 0.343 e. The zero-order valence-electron chi connectivity index (χ0n) is 10.5. The SMILES string of the molecule is CCN(CC1CC1C1CC=CCC1)C(C)=O. The van der Waals surface area contributed by atoms with Crippen LogP contribution in [0, 0.1) is 17.8 Å². The van der Waals surface area contributed by atoms with Crippen molar-refractivity contribution >= 4 is 5.91 Å². The van der Waals surface area contributed by atoms with Gasteiger partial charge in [-0.2, -0.15) is 0 Å². The first-order chi connectivity index (χ1) is 7.72. The summed E-state index contributed by atoms with van der Waals surface area (Å²) < 4.78 is 0. The van der Waals surface area contributed by atoms with Gasteiger partial charge in [-0.15, -0.1) is 0 Å². The molecule has 1 amide bonds. The van der Waals surface area contributed by atoms with Gasteiger partial charge in [-0.3, -0.25) is 4.79 Å². The Morgan fingerprint density at radius 2 is 2.25 bits per heavy atom. The highest BCUT2D eigenvalue weighted by molar-refractivity contribution is 5.73. The Morgan fingerprint density at radius 1 is 1.44 bits per heavy atom. The zero-order valence-corrected chi connectivity index (χ0v) is 10.5. The number of hydrogen-bond donors (Lipinski definition) is 0. The first-order valence-electron chi connectivity index (χ1n) is 6.63. The molecule has 0 aromatic rings. The summed E-state index contributed by atoms with van der Waals surface area (Å²) in [6.45, 7) is 5.62. The molecule has 2 rings (SSSR count). The van der Waals surface area contributed by atoms with Gasteiger partial charge < -0.3 is 4.90 Å². The second-order valence-electron chi connectivity index (χ2n) is 5.26. The van der Waals surface area contributed by atoms with Crippen molar-refractivity contribution in [2.75, 3.05) is 13.1 Å². The van der Waals surface area contributed by atoms with E-state index in [1.807, 2.05) is 4.90 Å². The molecule has 16 heavy (non-hydrogen) atoms. The molecule has 1 saturated carbocycles. The van der Waals surface area contributed by atoms with Crippen molar-refractivity contribution in [2.24, 2.45) is 17.8 Å². The molecule has 3 unspecified atom stereocenters. The van der Waals surface area contributed by atoms with E-state index in [9.17, 15) is 4.79 Å². The van der Waals surface area contributed by atoms with Gasteiger partial charge in [0, 0.05) is 20.0 Å². The van der Waals surface area contributed by atoms with Gasteiger partial charge in [0.25, 0.3) is 0 Å². The summed E-state index contributed by atoms with van der Waals surface area (Å²) in [5, 5.41) is 0. The molecule has 0 aromatic carbocycles. The van der Waals surface area contributed by atoms with E-state index < -0.39 is 0 Å². The fraction of sp³-hybridized carbons (Fsp3) is 0.786. The summed E-state index contributed by atoms with van der Waals surface area (Å²) in [6.07, 6.45) is 9.89. The second kappa shape index (κ2) is 5.03. The number of amides is 1. The highest BCUT2D eigenvalue weighted by Gasteiger charge is 2.43. The van der Waals surface area contributed by atoms with Crippen molar-refractivity contribution in [1.29, 1.82) is 0 Å². The first-order valence-corrected chi connectivity index (χ1v) is 6.63. The number of allylic oxidation sites excluding steroid dienone is 2. The lowest BCUT2D eigenvalue weighted by Crippen LogP contribution is -2.31. The van der Waals surface area contributed by atoms with Crippen molar-refractivity contribution in [3.63, 3.8) is 0 Å². The lowest BCUT2D eigenvalue weighted by atomic mass is 9.89. The van der Waals surface area contributed by atoms with Crippen LogP contribution in [0.4, 0.5) is 0 Å². The van der Waals surface area contributed by atoms with Gasteiger partial charge in [-0.1, -0.05) is 12.2 Å². The minimum Gasteiger partial charge on any atom is -0.343 e. The molecule has 3 atom stereocenters. The van der Waals surface area contributed by atoms with E-state index in [4.69, 9.17) is 0 Å². The Labute approximate surface area is 98.7 Å². The summed E-state index contributed by atoms with van der Waals surface area (Å²) in [6, 6.07) is 0. The van der Waals surface area contributed by atoms with Gasteiger partial charge in [0.15, 0.2) is 0 Å². The van der Waals surface area contributed by atoms with Crippen LogP contribution in [0.3, 0.4) is 0 Å². The quantitative estimate of drug-likeness (QED) is 0.668. The van der Waals surface area contributed by atoms with E-state index in [0.29, 0.717) is 0 Å². The molecule has 0 bridgehead atoms. The molecular formula is C14H23NO. The normalized spacial score (nSPS) is 32.5. The molecule has 0 spiro atoms. The highest BCUT2D eigenvalue weighted by atomic mass is 16.2. The average Bonchev–Trinajstić information content (AvgIpc) is 3.06. The van der Waals surface area contributed by atoms with Crippen molar-refractivity contribution in [3.8, 4) is 0 Å². The fourth-order valence-electron chi connectivity index (χ4n) is 3.03. The Kier molecular flexibility index (Phi) is 3.67. The van der Waals surface area contributed by atoms with Crippen LogP contribution < -0.4 is 0 Å². The van der Waals surface area contributed by atoms with Crippen LogP contribution in [0.25, 0.3) is 0 Å². The predicted octanol–water partition coefficient (Wildman–Crippen LogP) is 2.85. The average molecular weight is 221 g/mol. The van der Waals surface area contributed by atoms with Crippen molar-refractivity contribution in [1.82, 2.24) is 4.90 Å². The van der Waals surface area contributed by atoms with Crippen LogP contribution >= 0.6 is 0 Å². The van der Waals surface area contributed by atoms with E-state index >= 15 is 0 Å². The summed E-state index contributed by atoms with van der Waals surface area (Å²) >= 11 is 0. The molecule has 0 saturated heterocycles. The summed E-state index contributed by atoms with van der Waals surface area (Å²) in [5.41, 5.74) is 0. The fourth-order valence-corrected chi connectivity index (χ4v) is 3.03. The number of nitrogens with zero attached hydrogens (tertiary/aromatic N) is 1. The third kappa shape index (κ3) is 2.66. The van der Waals surface area contributed by atoms with E-state index in [-0.39, 0.29) is 5.91 Å². The third-order valence-corrected chi connectivity index (χ3v) is 4.17. The molecule has 0 aromatic heterocycles. The Hall–Kier alpha value is -0.790. The van der Waals surface area contributed by atoms with E-state index in [2.05, 4.69) is 19.1 Å². The monoisotopic (exact) mass is 221 g/mol. The minimum absolute atomic E-state index is 0.233. The van der Waals surface area contributed by atoms with Crippen LogP contribution in [0.2, 0.25) is 0 Å². The molecule has 2 heteroatoms. The molecule has 0 aliphatic heterocycles. The topological polar surface area (TPSA) is 20.3 Å². The van der Waals surface area contributed by atoms with Crippen LogP contribution in [0.15, 0.2) is 12.2 Å². The molecule has 0 N–H and O–H groups in total. The lowest BCUT2D eigenvalue weighted by Gasteiger charge is -2.21. The van der Waals surface area contributed by atoms with Gasteiger partial charge >= 0.3 is 0 Å². The van der Waals surface area contributed by atoms with Crippen LogP contribution in [-0.2, 0) is 4.79 Å². The Balaban J connectivity index is 1.78. The maximum atomic E-state index is 11.3. The lowest BCUT2D eigenvalue weighted by molar-refractivity contribution is -0.128. The van der Waals surface area contributed by atoms with Crippen molar-refractivity contribution in [2.45, 2.75) is 39.5 Å². The second-order valence-corrected chi connectivity index (χ2v) is 5.26. The summed E-state index contributed by atoms with van der Waals surface area (Å²) in [4.78, 5) is 13.3. The number of rotatable bonds is 4. The molecule has 2 aliphatic rings. The van der Waals surface area contributed by atoms with Crippen LogP contribution in [-0.4, -0.2) is 23.9 Å². The van der Waals surface area contributed by atoms with E-state index in [1.54, 1.807) is 6.92 Å². The van der Waals surface area contributed by atoms with Gasteiger partial charge in [0.05, 0.1) is 0 Å². The first kappa shape index (κ1) is 11.7. The van der Waals surface area contributed by atoms with Gasteiger partial charge in [-0.05, 0) is 50.4 Å². The molecular weight excluding hydrogens is 198 g/mol. The van der Waals surface area contributed by atoms with Gasteiger partial charge in [-0.25, -0.2) is 0 Å². The maximum absolute atomic E-state index is 11.3. The highest BCUT2D eigenvalue weighted by Crippen LogP contribution is 2.48. The zero-order chi connectivity index (χ0) is 11.5. The molecule has 2 aliphatic carbocycles. The minimum atomic E-state index is 0.233. The van der Waals surface area contributed by atoms with E-state index in [1.165, 1.54) is 25.7 Å². The van der Waals surface area contributed by atoms with Crippen molar-refractivity contribution < 1.29 is 4.79 Å². The van der Waals surface area contributed by atoms with Crippen molar-refractivity contribution in [3.05, 3.63) is 12.2 Å². The van der Waals surface area contributed by atoms with Gasteiger partial charge in [0.2, 0.25) is 5.91 Å². The summed E-state index contributed by atoms with van der Waals surface area (Å²) in [7, 11) is 0. The third-order valence-electron chi connectivity index (χ3n) is 4.17. The van der Waals surface area contributed by atoms with Gasteiger partial charge in [0.1, 0.15) is 0 Å². The molecule has 2 nitrogen and oxygen atoms in total. The molecule has 0 radical (unpaired) electrons. The summed E-state index contributed by atoms with van der Waals surface area (Å²) in [5.74, 6) is 2.83.